The van der Waals surface area contributed by atoms with E-state index in [-0.39, 0.29) is 5.97 Å². The highest BCUT2D eigenvalue weighted by molar-refractivity contribution is 5.78. The largest absolute Gasteiger partial charge is 0.426 e. The van der Waals surface area contributed by atoms with Crippen LogP contribution in [0.2, 0.25) is 0 Å². The van der Waals surface area contributed by atoms with Crippen molar-refractivity contribution >= 4 is 5.97 Å². The third-order valence-corrected chi connectivity index (χ3v) is 5.31. The van der Waals surface area contributed by atoms with E-state index in [0.717, 1.165) is 6.42 Å². The van der Waals surface area contributed by atoms with Crippen LogP contribution in [0.1, 0.15) is 104 Å². The molecule has 1 rings (SSSR count). The van der Waals surface area contributed by atoms with E-state index in [1.165, 1.54) is 56.9 Å². The summed E-state index contributed by atoms with van der Waals surface area (Å²) < 4.78 is 5.56. The lowest BCUT2D eigenvalue weighted by molar-refractivity contribution is -0.144. The summed E-state index contributed by atoms with van der Waals surface area (Å²) >= 11 is 0. The van der Waals surface area contributed by atoms with Crippen LogP contribution in [0.3, 0.4) is 0 Å². The summed E-state index contributed by atoms with van der Waals surface area (Å²) in [4.78, 5) is 12.2. The van der Waals surface area contributed by atoms with Gasteiger partial charge in [0.25, 0.3) is 0 Å². The monoisotopic (exact) mass is 346 g/mol. The molecular weight excluding hydrogens is 308 g/mol. The van der Waals surface area contributed by atoms with Gasteiger partial charge in [0.05, 0.1) is 5.41 Å². The van der Waals surface area contributed by atoms with Crippen molar-refractivity contribution in [1.82, 2.24) is 0 Å². The van der Waals surface area contributed by atoms with Gasteiger partial charge in [-0.05, 0) is 56.7 Å². The predicted octanol–water partition coefficient (Wildman–Crippen LogP) is 7.27. The third kappa shape index (κ3) is 7.63. The van der Waals surface area contributed by atoms with E-state index < -0.39 is 5.41 Å². The molecular formula is C23H38O2. The molecule has 25 heavy (non-hydrogen) atoms. The first-order chi connectivity index (χ1) is 11.9. The Hall–Kier alpha value is -1.31. The van der Waals surface area contributed by atoms with Crippen LogP contribution >= 0.6 is 0 Å². The normalized spacial score (nSPS) is 11.8. The van der Waals surface area contributed by atoms with Crippen molar-refractivity contribution in [2.24, 2.45) is 5.41 Å². The fourth-order valence-corrected chi connectivity index (χ4v) is 2.96. The maximum absolute atomic E-state index is 12.2. The third-order valence-electron chi connectivity index (χ3n) is 5.31. The molecule has 1 aromatic rings. The average molecular weight is 347 g/mol. The molecule has 0 aromatic heterocycles. The van der Waals surface area contributed by atoms with E-state index in [0.29, 0.717) is 11.7 Å². The Morgan fingerprint density at radius 2 is 1.44 bits per heavy atom. The second-order valence-corrected chi connectivity index (χ2v) is 7.88. The number of benzene rings is 1. The Morgan fingerprint density at radius 1 is 0.920 bits per heavy atom. The minimum atomic E-state index is -0.429. The molecule has 0 aliphatic carbocycles. The average Bonchev–Trinajstić information content (AvgIpc) is 2.61. The molecule has 0 atom stereocenters. The van der Waals surface area contributed by atoms with E-state index in [1.54, 1.807) is 0 Å². The topological polar surface area (TPSA) is 26.3 Å². The number of unbranched alkanes of at least 4 members (excludes halogenated alkanes) is 4. The van der Waals surface area contributed by atoms with E-state index in [4.69, 9.17) is 4.74 Å². The molecule has 1 aromatic carbocycles. The summed E-state index contributed by atoms with van der Waals surface area (Å²) in [5, 5.41) is 0. The van der Waals surface area contributed by atoms with Gasteiger partial charge in [-0.3, -0.25) is 4.79 Å². The molecule has 0 heterocycles. The van der Waals surface area contributed by atoms with Crippen LogP contribution in [0.5, 0.6) is 5.75 Å². The Balaban J connectivity index is 2.72. The lowest BCUT2D eigenvalue weighted by atomic mass is 9.88. The zero-order chi connectivity index (χ0) is 18.7. The van der Waals surface area contributed by atoms with Crippen LogP contribution in [-0.2, 0) is 4.79 Å². The van der Waals surface area contributed by atoms with Crippen molar-refractivity contribution < 1.29 is 9.53 Å². The standard InChI is InChI=1S/C23H38O2/c1-6-9-11-13-19(14-12-10-7-2)20-15-17-21(18-16-20)25-22(24)23(4,5)8-3/h15-19H,6-14H2,1-5H3. The molecule has 0 radical (unpaired) electrons. The van der Waals surface area contributed by atoms with Gasteiger partial charge in [0.2, 0.25) is 0 Å². The van der Waals surface area contributed by atoms with Gasteiger partial charge in [-0.25, -0.2) is 0 Å². The lowest BCUT2D eigenvalue weighted by Gasteiger charge is -2.21. The Kier molecular flexibility index (Phi) is 9.85. The number of ether oxygens (including phenoxy) is 1. The molecule has 0 aliphatic heterocycles. The van der Waals surface area contributed by atoms with E-state index in [2.05, 4.69) is 26.0 Å². The zero-order valence-electron chi connectivity index (χ0n) is 17.1. The molecule has 142 valence electrons. The molecule has 0 aliphatic rings. The highest BCUT2D eigenvalue weighted by Crippen LogP contribution is 2.30. The molecule has 0 N–H and O–H groups in total. The smallest absolute Gasteiger partial charge is 0.316 e. The fraction of sp³-hybridized carbons (Fsp3) is 0.696. The number of rotatable bonds is 12. The van der Waals surface area contributed by atoms with Gasteiger partial charge < -0.3 is 4.74 Å². The Labute approximate surface area is 155 Å². The molecule has 2 heteroatoms. The van der Waals surface area contributed by atoms with Crippen LogP contribution < -0.4 is 4.74 Å². The maximum Gasteiger partial charge on any atom is 0.316 e. The minimum Gasteiger partial charge on any atom is -0.426 e. The minimum absolute atomic E-state index is 0.148. The maximum atomic E-state index is 12.2. The van der Waals surface area contributed by atoms with Crippen molar-refractivity contribution in [2.45, 2.75) is 98.3 Å². The van der Waals surface area contributed by atoms with Crippen LogP contribution in [0.4, 0.5) is 0 Å². The van der Waals surface area contributed by atoms with Gasteiger partial charge in [0.1, 0.15) is 5.75 Å². The molecule has 2 nitrogen and oxygen atoms in total. The van der Waals surface area contributed by atoms with Crippen molar-refractivity contribution in [3.8, 4) is 5.75 Å². The SMILES string of the molecule is CCCCCC(CCCCC)c1ccc(OC(=O)C(C)(C)CC)cc1. The van der Waals surface area contributed by atoms with Gasteiger partial charge in [-0.2, -0.15) is 0 Å². The van der Waals surface area contributed by atoms with Gasteiger partial charge >= 0.3 is 5.97 Å². The van der Waals surface area contributed by atoms with E-state index in [1.807, 2.05) is 32.9 Å². The number of hydrogen-bond acceptors (Lipinski definition) is 2. The van der Waals surface area contributed by atoms with Crippen molar-refractivity contribution in [3.63, 3.8) is 0 Å². The lowest BCUT2D eigenvalue weighted by Crippen LogP contribution is -2.28. The van der Waals surface area contributed by atoms with E-state index in [9.17, 15) is 4.79 Å². The molecule has 0 fully saturated rings. The van der Waals surface area contributed by atoms with Crippen LogP contribution in [-0.4, -0.2) is 5.97 Å². The molecule has 0 saturated heterocycles. The van der Waals surface area contributed by atoms with Crippen molar-refractivity contribution in [2.75, 3.05) is 0 Å². The number of carbonyl (C=O) groups is 1. The number of esters is 1. The Morgan fingerprint density at radius 3 is 1.88 bits per heavy atom. The number of hydrogen-bond donors (Lipinski definition) is 0. The van der Waals surface area contributed by atoms with Gasteiger partial charge in [0.15, 0.2) is 0 Å². The van der Waals surface area contributed by atoms with E-state index >= 15 is 0 Å². The fourth-order valence-electron chi connectivity index (χ4n) is 2.96. The summed E-state index contributed by atoms with van der Waals surface area (Å²) in [6.45, 7) is 10.4. The summed E-state index contributed by atoms with van der Waals surface area (Å²) in [5.74, 6) is 1.15. The summed E-state index contributed by atoms with van der Waals surface area (Å²) in [7, 11) is 0. The summed E-state index contributed by atoms with van der Waals surface area (Å²) in [5.41, 5.74) is 0.961. The van der Waals surface area contributed by atoms with Crippen molar-refractivity contribution in [1.29, 1.82) is 0 Å². The highest BCUT2D eigenvalue weighted by atomic mass is 16.5. The first-order valence-corrected chi connectivity index (χ1v) is 10.3. The molecule has 0 bridgehead atoms. The molecule has 0 spiro atoms. The van der Waals surface area contributed by atoms with Gasteiger partial charge in [-0.15, -0.1) is 0 Å². The zero-order valence-corrected chi connectivity index (χ0v) is 17.1. The van der Waals surface area contributed by atoms with Crippen LogP contribution in [0, 0.1) is 5.41 Å². The molecule has 0 saturated carbocycles. The first-order valence-electron chi connectivity index (χ1n) is 10.3. The van der Waals surface area contributed by atoms with Gasteiger partial charge in [0, 0.05) is 0 Å². The van der Waals surface area contributed by atoms with Gasteiger partial charge in [-0.1, -0.05) is 71.4 Å². The second kappa shape index (κ2) is 11.3. The second-order valence-electron chi connectivity index (χ2n) is 7.88. The summed E-state index contributed by atoms with van der Waals surface area (Å²) in [6, 6.07) is 8.24. The predicted molar refractivity (Wildman–Crippen MR) is 107 cm³/mol. The highest BCUT2D eigenvalue weighted by Gasteiger charge is 2.27. The molecule has 0 unspecified atom stereocenters. The van der Waals surface area contributed by atoms with Crippen LogP contribution in [0.25, 0.3) is 0 Å². The molecule has 0 amide bonds. The number of carbonyl (C=O) groups excluding carboxylic acids is 1. The first kappa shape index (κ1) is 21.7. The van der Waals surface area contributed by atoms with Crippen molar-refractivity contribution in [3.05, 3.63) is 29.8 Å². The van der Waals surface area contributed by atoms with Crippen LogP contribution in [0.15, 0.2) is 24.3 Å². The Bertz CT molecular complexity index is 477. The summed E-state index contributed by atoms with van der Waals surface area (Å²) in [6.07, 6.45) is 11.1. The quantitative estimate of drug-likeness (QED) is 0.226.